The van der Waals surface area contributed by atoms with E-state index in [1.807, 2.05) is 0 Å². The lowest BCUT2D eigenvalue weighted by molar-refractivity contribution is -0.149. The largest absolute Gasteiger partial charge is 0.466 e. The molecule has 0 aromatic rings. The van der Waals surface area contributed by atoms with Gasteiger partial charge in [0.1, 0.15) is 0 Å². The van der Waals surface area contributed by atoms with Crippen LogP contribution in [0.25, 0.3) is 0 Å². The first-order valence-electron chi connectivity index (χ1n) is 16.8. The second-order valence-corrected chi connectivity index (χ2v) is 12.4. The molecule has 1 atom stereocenters. The highest BCUT2D eigenvalue weighted by Crippen LogP contribution is 2.22. The summed E-state index contributed by atoms with van der Waals surface area (Å²) in [6, 6.07) is 0. The second kappa shape index (κ2) is 30.1. The third-order valence-electron chi connectivity index (χ3n) is 7.80. The van der Waals surface area contributed by atoms with Gasteiger partial charge in [-0.05, 0) is 76.1 Å². The Balaban J connectivity index is 0.00000354. The molecule has 0 amide bonds. The van der Waals surface area contributed by atoms with Gasteiger partial charge in [-0.2, -0.15) is 25.3 Å². The molecule has 1 rings (SSSR count). The Morgan fingerprint density at radius 2 is 1.30 bits per heavy atom. The predicted molar refractivity (Wildman–Crippen MR) is 178 cm³/mol. The smallest absolute Gasteiger partial charge is 0.308 e. The zero-order valence-corrected chi connectivity index (χ0v) is 28.3. The summed E-state index contributed by atoms with van der Waals surface area (Å²) in [5, 5.41) is 0. The van der Waals surface area contributed by atoms with Gasteiger partial charge in [0.15, 0.2) is 0 Å². The molecule has 0 bridgehead atoms. The van der Waals surface area contributed by atoms with Crippen molar-refractivity contribution in [2.75, 3.05) is 44.4 Å². The van der Waals surface area contributed by atoms with Crippen LogP contribution in [0.15, 0.2) is 0 Å². The Bertz CT molecular complexity index is 569. The van der Waals surface area contributed by atoms with E-state index >= 15 is 0 Å². The van der Waals surface area contributed by atoms with Crippen LogP contribution in [0.5, 0.6) is 0 Å². The fourth-order valence-corrected chi connectivity index (χ4v) is 5.37. The quantitative estimate of drug-likeness (QED) is 0.0655. The van der Waals surface area contributed by atoms with Crippen LogP contribution in [0.4, 0.5) is 0 Å². The van der Waals surface area contributed by atoms with Crippen LogP contribution in [0.1, 0.15) is 143 Å². The molecule has 1 aliphatic rings. The van der Waals surface area contributed by atoms with E-state index in [1.54, 1.807) is 0 Å². The summed E-state index contributed by atoms with van der Waals surface area (Å²) in [5.74, 6) is 2.50. The van der Waals surface area contributed by atoms with Crippen LogP contribution >= 0.6 is 25.3 Å². The monoisotopic (exact) mass is 603 g/mol. The second-order valence-electron chi connectivity index (χ2n) is 11.5. The Kier molecular flexibility index (Phi) is 29.8. The SMILES string of the molecule is CCCCCCCCC(CCCCCC)C(=O)OCCCCC(=O)OCCC1CCN(CCS)CC1.CCCS. The maximum Gasteiger partial charge on any atom is 0.308 e. The standard InChI is InChI=1S/C30H57NO4S.C3H8S/c1-3-5-7-9-10-12-16-28(15-11-8-6-4-2)30(33)35-24-14-13-17-29(32)34-25-20-27-18-21-31(22-19-27)23-26-36;1-2-3-4/h27-28,36H,3-26H2,1-2H3;4H,2-3H2,1H3. The molecule has 0 aromatic heterocycles. The molecule has 7 heteroatoms. The van der Waals surface area contributed by atoms with E-state index in [-0.39, 0.29) is 17.9 Å². The number of thiol groups is 2. The minimum Gasteiger partial charge on any atom is -0.466 e. The van der Waals surface area contributed by atoms with Crippen LogP contribution in [0.3, 0.4) is 0 Å². The van der Waals surface area contributed by atoms with Crippen LogP contribution in [-0.4, -0.2) is 61.2 Å². The van der Waals surface area contributed by atoms with Crippen LogP contribution < -0.4 is 0 Å². The van der Waals surface area contributed by atoms with Crippen molar-refractivity contribution in [3.63, 3.8) is 0 Å². The Morgan fingerprint density at radius 1 is 0.725 bits per heavy atom. The summed E-state index contributed by atoms with van der Waals surface area (Å²) >= 11 is 8.23. The van der Waals surface area contributed by atoms with Crippen molar-refractivity contribution in [2.24, 2.45) is 11.8 Å². The molecule has 1 fully saturated rings. The lowest BCUT2D eigenvalue weighted by atomic mass is 9.94. The first kappa shape index (κ1) is 39.6. The molecule has 1 unspecified atom stereocenters. The number of nitrogens with zero attached hydrogens (tertiary/aromatic N) is 1. The molecular formula is C33H65NO4S2. The van der Waals surface area contributed by atoms with E-state index in [0.717, 1.165) is 69.7 Å². The molecule has 0 aromatic carbocycles. The molecule has 0 saturated carbocycles. The maximum atomic E-state index is 12.7. The summed E-state index contributed by atoms with van der Waals surface area (Å²) in [5.41, 5.74) is 0. The molecule has 40 heavy (non-hydrogen) atoms. The average molecular weight is 604 g/mol. The zero-order valence-electron chi connectivity index (χ0n) is 26.5. The van der Waals surface area contributed by atoms with Gasteiger partial charge < -0.3 is 14.4 Å². The minimum atomic E-state index is -0.120. The summed E-state index contributed by atoms with van der Waals surface area (Å²) in [6.07, 6.45) is 20.6. The van der Waals surface area contributed by atoms with Gasteiger partial charge >= 0.3 is 11.9 Å². The van der Waals surface area contributed by atoms with E-state index in [4.69, 9.17) is 9.47 Å². The fourth-order valence-electron chi connectivity index (χ4n) is 5.08. The summed E-state index contributed by atoms with van der Waals surface area (Å²) in [4.78, 5) is 27.2. The Morgan fingerprint density at radius 3 is 1.88 bits per heavy atom. The van der Waals surface area contributed by atoms with Crippen molar-refractivity contribution in [1.29, 1.82) is 0 Å². The zero-order chi connectivity index (χ0) is 29.7. The lowest BCUT2D eigenvalue weighted by Gasteiger charge is -2.31. The van der Waals surface area contributed by atoms with E-state index in [0.29, 0.717) is 32.0 Å². The van der Waals surface area contributed by atoms with E-state index < -0.39 is 0 Å². The minimum absolute atomic E-state index is 0.0250. The first-order valence-corrected chi connectivity index (χ1v) is 18.0. The summed E-state index contributed by atoms with van der Waals surface area (Å²) < 4.78 is 11.1. The number of rotatable bonds is 24. The van der Waals surface area contributed by atoms with Gasteiger partial charge in [0, 0.05) is 18.7 Å². The van der Waals surface area contributed by atoms with Crippen molar-refractivity contribution >= 4 is 37.2 Å². The van der Waals surface area contributed by atoms with Gasteiger partial charge in [-0.25, -0.2) is 0 Å². The lowest BCUT2D eigenvalue weighted by Crippen LogP contribution is -2.35. The van der Waals surface area contributed by atoms with Crippen molar-refractivity contribution in [3.8, 4) is 0 Å². The summed E-state index contributed by atoms with van der Waals surface area (Å²) in [7, 11) is 0. The molecule has 0 aliphatic carbocycles. The first-order chi connectivity index (χ1) is 19.5. The van der Waals surface area contributed by atoms with Gasteiger partial charge in [-0.3, -0.25) is 9.59 Å². The molecule has 1 heterocycles. The van der Waals surface area contributed by atoms with Crippen LogP contribution in [0.2, 0.25) is 0 Å². The maximum absolute atomic E-state index is 12.7. The van der Waals surface area contributed by atoms with Gasteiger partial charge in [0.2, 0.25) is 0 Å². The number of hydrogen-bond donors (Lipinski definition) is 2. The van der Waals surface area contributed by atoms with E-state index in [2.05, 4.69) is 50.9 Å². The highest BCUT2D eigenvalue weighted by Gasteiger charge is 2.20. The number of carbonyl (C=O) groups is 2. The molecule has 1 saturated heterocycles. The molecule has 0 spiro atoms. The van der Waals surface area contributed by atoms with E-state index in [9.17, 15) is 9.59 Å². The molecule has 5 nitrogen and oxygen atoms in total. The van der Waals surface area contributed by atoms with Gasteiger partial charge in [-0.1, -0.05) is 85.0 Å². The molecule has 238 valence electrons. The highest BCUT2D eigenvalue weighted by atomic mass is 32.1. The van der Waals surface area contributed by atoms with Gasteiger partial charge in [0.25, 0.3) is 0 Å². The third kappa shape index (κ3) is 24.2. The third-order valence-corrected chi connectivity index (χ3v) is 8.45. The predicted octanol–water partition coefficient (Wildman–Crippen LogP) is 8.94. The van der Waals surface area contributed by atoms with Crippen molar-refractivity contribution in [2.45, 2.75) is 143 Å². The van der Waals surface area contributed by atoms with E-state index in [1.165, 1.54) is 70.6 Å². The topological polar surface area (TPSA) is 55.8 Å². The summed E-state index contributed by atoms with van der Waals surface area (Å²) in [6.45, 7) is 10.8. The number of hydrogen-bond acceptors (Lipinski definition) is 7. The highest BCUT2D eigenvalue weighted by molar-refractivity contribution is 7.80. The van der Waals surface area contributed by atoms with Crippen molar-refractivity contribution in [1.82, 2.24) is 4.90 Å². The Hall–Kier alpha value is -0.400. The molecule has 0 radical (unpaired) electrons. The van der Waals surface area contributed by atoms with Crippen LogP contribution in [0, 0.1) is 11.8 Å². The van der Waals surface area contributed by atoms with Crippen molar-refractivity contribution < 1.29 is 19.1 Å². The number of carbonyl (C=O) groups excluding carboxylic acids is 2. The molecular weight excluding hydrogens is 539 g/mol. The van der Waals surface area contributed by atoms with Gasteiger partial charge in [0.05, 0.1) is 19.1 Å². The molecule has 1 aliphatic heterocycles. The average Bonchev–Trinajstić information content (AvgIpc) is 2.96. The number of piperidine rings is 1. The number of ether oxygens (including phenoxy) is 2. The Labute approximate surface area is 259 Å². The van der Waals surface area contributed by atoms with Gasteiger partial charge in [-0.15, -0.1) is 0 Å². The number of likely N-dealkylation sites (tertiary alicyclic amines) is 1. The fraction of sp³-hybridized carbons (Fsp3) is 0.939. The number of unbranched alkanes of at least 4 members (excludes halogenated alkanes) is 9. The normalized spacial score (nSPS) is 14.8. The molecule has 0 N–H and O–H groups in total. The number of esters is 2. The van der Waals surface area contributed by atoms with Crippen molar-refractivity contribution in [3.05, 3.63) is 0 Å². The van der Waals surface area contributed by atoms with Crippen LogP contribution in [-0.2, 0) is 19.1 Å².